The van der Waals surface area contributed by atoms with Crippen LogP contribution in [0.15, 0.2) is 0 Å². The minimum atomic E-state index is 0.0166. The molecule has 4 nitrogen and oxygen atoms in total. The topological polar surface area (TPSA) is 35.6 Å². The first kappa shape index (κ1) is 16.4. The van der Waals surface area contributed by atoms with Gasteiger partial charge in [0.15, 0.2) is 0 Å². The highest BCUT2D eigenvalue weighted by atomic mass is 16.2. The van der Waals surface area contributed by atoms with E-state index >= 15 is 0 Å². The van der Waals surface area contributed by atoms with E-state index in [4.69, 9.17) is 0 Å². The minimum Gasteiger partial charge on any atom is -0.347 e. The molecule has 0 radical (unpaired) electrons. The second-order valence-electron chi connectivity index (χ2n) is 6.46. The molecular weight excluding hydrogens is 238 g/mol. The first-order chi connectivity index (χ1) is 8.91. The van der Waals surface area contributed by atoms with Crippen molar-refractivity contribution in [2.24, 2.45) is 11.8 Å². The molecule has 1 fully saturated rings. The molecule has 4 heteroatoms. The van der Waals surface area contributed by atoms with E-state index < -0.39 is 0 Å². The van der Waals surface area contributed by atoms with Gasteiger partial charge in [-0.3, -0.25) is 9.69 Å². The van der Waals surface area contributed by atoms with E-state index in [9.17, 15) is 4.79 Å². The summed E-state index contributed by atoms with van der Waals surface area (Å²) in [5.74, 6) is 1.61. The van der Waals surface area contributed by atoms with Gasteiger partial charge in [0.1, 0.15) is 0 Å². The van der Waals surface area contributed by atoms with Gasteiger partial charge in [-0.15, -0.1) is 0 Å². The zero-order valence-corrected chi connectivity index (χ0v) is 13.3. The number of rotatable bonds is 6. The number of carbonyl (C=O) groups excluding carboxylic acids is 1. The summed E-state index contributed by atoms with van der Waals surface area (Å²) in [5.41, 5.74) is 0. The average Bonchev–Trinajstić information content (AvgIpc) is 2.36. The van der Waals surface area contributed by atoms with E-state index in [-0.39, 0.29) is 11.9 Å². The van der Waals surface area contributed by atoms with Crippen molar-refractivity contribution in [3.63, 3.8) is 0 Å². The zero-order chi connectivity index (χ0) is 14.4. The number of likely N-dealkylation sites (tertiary alicyclic amines) is 1. The fourth-order valence-corrected chi connectivity index (χ4v) is 2.72. The Morgan fingerprint density at radius 2 is 2.05 bits per heavy atom. The van der Waals surface area contributed by atoms with Gasteiger partial charge in [-0.25, -0.2) is 0 Å². The first-order valence-electron chi connectivity index (χ1n) is 7.57. The van der Waals surface area contributed by atoms with Crippen LogP contribution in [-0.2, 0) is 4.79 Å². The molecule has 1 aliphatic heterocycles. The van der Waals surface area contributed by atoms with Crippen molar-refractivity contribution in [3.8, 4) is 0 Å². The third-order valence-electron chi connectivity index (χ3n) is 3.88. The number of likely N-dealkylation sites (N-methyl/N-ethyl adjacent to an activating group) is 1. The molecule has 0 aromatic heterocycles. The molecule has 1 rings (SSSR count). The largest absolute Gasteiger partial charge is 0.347 e. The van der Waals surface area contributed by atoms with Crippen molar-refractivity contribution >= 4 is 5.91 Å². The van der Waals surface area contributed by atoms with Crippen LogP contribution in [0.2, 0.25) is 0 Å². The second kappa shape index (κ2) is 7.85. The predicted octanol–water partition coefficient (Wildman–Crippen LogP) is 1.42. The Morgan fingerprint density at radius 1 is 1.37 bits per heavy atom. The lowest BCUT2D eigenvalue weighted by Crippen LogP contribution is -2.50. The molecule has 0 aromatic carbocycles. The van der Waals surface area contributed by atoms with Gasteiger partial charge in [0.2, 0.25) is 5.91 Å². The highest BCUT2D eigenvalue weighted by Crippen LogP contribution is 2.18. The molecule has 1 N–H and O–H groups in total. The Morgan fingerprint density at radius 3 is 2.63 bits per heavy atom. The summed E-state index contributed by atoms with van der Waals surface area (Å²) in [5, 5.41) is 3.54. The van der Waals surface area contributed by atoms with Gasteiger partial charge in [0, 0.05) is 20.6 Å². The van der Waals surface area contributed by atoms with E-state index in [0.717, 1.165) is 26.2 Å². The summed E-state index contributed by atoms with van der Waals surface area (Å²) >= 11 is 0. The predicted molar refractivity (Wildman–Crippen MR) is 80.2 cm³/mol. The van der Waals surface area contributed by atoms with E-state index in [0.29, 0.717) is 11.8 Å². The molecule has 2 atom stereocenters. The Labute approximate surface area is 118 Å². The zero-order valence-electron chi connectivity index (χ0n) is 13.3. The van der Waals surface area contributed by atoms with Gasteiger partial charge in [-0.2, -0.15) is 0 Å². The Balaban J connectivity index is 2.39. The first-order valence-corrected chi connectivity index (χ1v) is 7.57. The van der Waals surface area contributed by atoms with E-state index in [1.54, 1.807) is 4.90 Å². The number of nitrogens with one attached hydrogen (secondary N) is 1. The SMILES string of the molecule is CC(C)CNCC1CCCN(C(C)C(=O)N(C)C)C1. The average molecular weight is 269 g/mol. The van der Waals surface area contributed by atoms with Gasteiger partial charge in [0.05, 0.1) is 6.04 Å². The van der Waals surface area contributed by atoms with Crippen LogP contribution < -0.4 is 5.32 Å². The van der Waals surface area contributed by atoms with Crippen molar-refractivity contribution in [2.45, 2.75) is 39.7 Å². The van der Waals surface area contributed by atoms with Crippen LogP contribution >= 0.6 is 0 Å². The fraction of sp³-hybridized carbons (Fsp3) is 0.933. The van der Waals surface area contributed by atoms with Crippen LogP contribution in [0.5, 0.6) is 0 Å². The van der Waals surface area contributed by atoms with Crippen molar-refractivity contribution in [2.75, 3.05) is 40.3 Å². The molecule has 1 heterocycles. The lowest BCUT2D eigenvalue weighted by molar-refractivity contribution is -0.134. The van der Waals surface area contributed by atoms with Crippen LogP contribution in [0.4, 0.5) is 0 Å². The smallest absolute Gasteiger partial charge is 0.239 e. The third-order valence-corrected chi connectivity index (χ3v) is 3.88. The molecule has 1 saturated heterocycles. The van der Waals surface area contributed by atoms with Crippen molar-refractivity contribution in [3.05, 3.63) is 0 Å². The van der Waals surface area contributed by atoms with Gasteiger partial charge in [-0.05, 0) is 51.2 Å². The van der Waals surface area contributed by atoms with Gasteiger partial charge >= 0.3 is 0 Å². The molecule has 1 aliphatic rings. The molecule has 0 saturated carbocycles. The molecule has 0 aromatic rings. The summed E-state index contributed by atoms with van der Waals surface area (Å²) < 4.78 is 0. The molecule has 19 heavy (non-hydrogen) atoms. The number of piperidine rings is 1. The Hall–Kier alpha value is -0.610. The standard InChI is InChI=1S/C15H31N3O/c1-12(2)9-16-10-14-7-6-8-18(11-14)13(3)15(19)17(4)5/h12-14,16H,6-11H2,1-5H3. The summed E-state index contributed by atoms with van der Waals surface area (Å²) in [7, 11) is 3.68. The molecule has 2 unspecified atom stereocenters. The molecule has 0 spiro atoms. The second-order valence-corrected chi connectivity index (χ2v) is 6.46. The van der Waals surface area contributed by atoms with Crippen molar-refractivity contribution in [1.29, 1.82) is 0 Å². The normalized spacial score (nSPS) is 22.5. The number of amides is 1. The quantitative estimate of drug-likeness (QED) is 0.792. The van der Waals surface area contributed by atoms with Gasteiger partial charge < -0.3 is 10.2 Å². The lowest BCUT2D eigenvalue weighted by Gasteiger charge is -2.37. The van der Waals surface area contributed by atoms with Crippen LogP contribution in [0, 0.1) is 11.8 Å². The minimum absolute atomic E-state index is 0.0166. The monoisotopic (exact) mass is 269 g/mol. The highest BCUT2D eigenvalue weighted by Gasteiger charge is 2.27. The van der Waals surface area contributed by atoms with Crippen molar-refractivity contribution in [1.82, 2.24) is 15.1 Å². The summed E-state index contributed by atoms with van der Waals surface area (Å²) in [6.07, 6.45) is 2.49. The molecule has 112 valence electrons. The van der Waals surface area contributed by atoms with Gasteiger partial charge in [-0.1, -0.05) is 13.8 Å². The van der Waals surface area contributed by atoms with Crippen LogP contribution in [0.1, 0.15) is 33.6 Å². The number of hydrogen-bond donors (Lipinski definition) is 1. The van der Waals surface area contributed by atoms with Crippen LogP contribution in [-0.4, -0.2) is 62.0 Å². The van der Waals surface area contributed by atoms with E-state index in [2.05, 4.69) is 24.1 Å². The van der Waals surface area contributed by atoms with E-state index in [1.165, 1.54) is 12.8 Å². The van der Waals surface area contributed by atoms with Gasteiger partial charge in [0.25, 0.3) is 0 Å². The molecule has 1 amide bonds. The molecule has 0 bridgehead atoms. The number of hydrogen-bond acceptors (Lipinski definition) is 3. The van der Waals surface area contributed by atoms with Crippen molar-refractivity contribution < 1.29 is 4.79 Å². The van der Waals surface area contributed by atoms with E-state index in [1.807, 2.05) is 21.0 Å². The fourth-order valence-electron chi connectivity index (χ4n) is 2.72. The highest BCUT2D eigenvalue weighted by molar-refractivity contribution is 5.80. The Bertz CT molecular complexity index is 279. The summed E-state index contributed by atoms with van der Waals surface area (Å²) in [6, 6.07) is 0.0166. The van der Waals surface area contributed by atoms with Crippen LogP contribution in [0.3, 0.4) is 0 Å². The number of carbonyl (C=O) groups is 1. The lowest BCUT2D eigenvalue weighted by atomic mass is 9.96. The maximum absolute atomic E-state index is 12.0. The Kier molecular flexibility index (Phi) is 6.80. The van der Waals surface area contributed by atoms with Crippen LogP contribution in [0.25, 0.3) is 0 Å². The maximum atomic E-state index is 12.0. The molecule has 0 aliphatic carbocycles. The third kappa shape index (κ3) is 5.49. The maximum Gasteiger partial charge on any atom is 0.239 e. The summed E-state index contributed by atoms with van der Waals surface area (Å²) in [4.78, 5) is 16.1. The summed E-state index contributed by atoms with van der Waals surface area (Å²) in [6.45, 7) is 10.8. The molecular formula is C15H31N3O. The number of nitrogens with zero attached hydrogens (tertiary/aromatic N) is 2.